The molecular formula is C6H2Cl5N. The van der Waals surface area contributed by atoms with Gasteiger partial charge in [-0.2, -0.15) is 0 Å². The summed E-state index contributed by atoms with van der Waals surface area (Å²) in [5.41, 5.74) is 0.453. The molecule has 0 N–H and O–H groups in total. The highest BCUT2D eigenvalue weighted by molar-refractivity contribution is 6.46. The van der Waals surface area contributed by atoms with Crippen molar-refractivity contribution in [2.75, 3.05) is 0 Å². The quantitative estimate of drug-likeness (QED) is 0.537. The van der Waals surface area contributed by atoms with E-state index in [2.05, 4.69) is 4.98 Å². The molecule has 1 aromatic heterocycles. The molecule has 0 unspecified atom stereocenters. The molecule has 0 aliphatic rings. The van der Waals surface area contributed by atoms with Gasteiger partial charge in [0.2, 0.25) is 0 Å². The maximum Gasteiger partial charge on any atom is 0.149 e. The van der Waals surface area contributed by atoms with E-state index < -0.39 is 4.84 Å². The lowest BCUT2D eigenvalue weighted by Gasteiger charge is -2.04. The fourth-order valence-electron chi connectivity index (χ4n) is 0.613. The Bertz CT molecular complexity index is 298. The Hall–Kier alpha value is 0.600. The van der Waals surface area contributed by atoms with Gasteiger partial charge in [0.25, 0.3) is 0 Å². The van der Waals surface area contributed by atoms with Gasteiger partial charge in [-0.25, -0.2) is 4.98 Å². The topological polar surface area (TPSA) is 12.9 Å². The van der Waals surface area contributed by atoms with Crippen molar-refractivity contribution in [2.45, 2.75) is 4.84 Å². The molecule has 12 heavy (non-hydrogen) atoms. The third-order valence-electron chi connectivity index (χ3n) is 1.15. The van der Waals surface area contributed by atoms with Crippen LogP contribution in [-0.2, 0) is 0 Å². The molecule has 6 heteroatoms. The smallest absolute Gasteiger partial charge is 0.149 e. The Morgan fingerprint density at radius 1 is 1.08 bits per heavy atom. The molecular weight excluding hydrogens is 263 g/mol. The van der Waals surface area contributed by atoms with Crippen LogP contribution in [0.15, 0.2) is 6.07 Å². The van der Waals surface area contributed by atoms with Gasteiger partial charge in [0.15, 0.2) is 0 Å². The number of pyridine rings is 1. The molecule has 0 aliphatic carbocycles. The van der Waals surface area contributed by atoms with E-state index in [4.69, 9.17) is 58.0 Å². The van der Waals surface area contributed by atoms with Crippen LogP contribution >= 0.6 is 58.0 Å². The Morgan fingerprint density at radius 3 is 2.17 bits per heavy atom. The van der Waals surface area contributed by atoms with Gasteiger partial charge < -0.3 is 0 Å². The third kappa shape index (κ3) is 2.30. The Balaban J connectivity index is 3.23. The van der Waals surface area contributed by atoms with Crippen LogP contribution in [0.4, 0.5) is 0 Å². The predicted molar refractivity (Wildman–Crippen MR) is 53.7 cm³/mol. The Labute approximate surface area is 94.5 Å². The van der Waals surface area contributed by atoms with Gasteiger partial charge >= 0.3 is 0 Å². The van der Waals surface area contributed by atoms with Crippen molar-refractivity contribution in [3.63, 3.8) is 0 Å². The highest BCUT2D eigenvalue weighted by Crippen LogP contribution is 2.34. The summed E-state index contributed by atoms with van der Waals surface area (Å²) in [5.74, 6) is 0. The zero-order valence-corrected chi connectivity index (χ0v) is 9.27. The molecule has 0 aliphatic heterocycles. The standard InChI is InChI=1S/C6H2Cl5N/c7-3-1-2(4(8)9)5(10)12-6(3)11/h1,4H. The fourth-order valence-corrected chi connectivity index (χ4v) is 1.65. The fraction of sp³-hybridized carbons (Fsp3) is 0.167. The van der Waals surface area contributed by atoms with Crippen molar-refractivity contribution < 1.29 is 0 Å². The first-order valence-electron chi connectivity index (χ1n) is 2.82. The minimum atomic E-state index is -0.750. The lowest BCUT2D eigenvalue weighted by Crippen LogP contribution is -1.88. The zero-order chi connectivity index (χ0) is 9.30. The third-order valence-corrected chi connectivity index (χ3v) is 2.59. The average Bonchev–Trinajstić information content (AvgIpc) is 1.96. The van der Waals surface area contributed by atoms with Crippen LogP contribution in [0.5, 0.6) is 0 Å². The first-order valence-corrected chi connectivity index (χ1v) is 4.82. The van der Waals surface area contributed by atoms with E-state index in [1.165, 1.54) is 6.07 Å². The van der Waals surface area contributed by atoms with E-state index in [1.54, 1.807) is 0 Å². The average molecular weight is 265 g/mol. The van der Waals surface area contributed by atoms with E-state index in [0.29, 0.717) is 5.56 Å². The SMILES string of the molecule is Clc1cc(C(Cl)Cl)c(Cl)nc1Cl. The van der Waals surface area contributed by atoms with Crippen LogP contribution in [0.2, 0.25) is 15.3 Å². The Kier molecular flexibility index (Phi) is 3.74. The van der Waals surface area contributed by atoms with Gasteiger partial charge in [0.05, 0.1) is 5.02 Å². The van der Waals surface area contributed by atoms with Crippen LogP contribution in [0.25, 0.3) is 0 Å². The van der Waals surface area contributed by atoms with Crippen LogP contribution in [0, 0.1) is 0 Å². The number of alkyl halides is 2. The molecule has 0 bridgehead atoms. The molecule has 0 aromatic carbocycles. The second-order valence-corrected chi connectivity index (χ2v) is 4.16. The van der Waals surface area contributed by atoms with E-state index in [-0.39, 0.29) is 15.3 Å². The lowest BCUT2D eigenvalue weighted by atomic mass is 10.3. The molecule has 1 aromatic rings. The maximum atomic E-state index is 5.67. The number of halogens is 5. The van der Waals surface area contributed by atoms with Gasteiger partial charge in [-0.1, -0.05) is 58.0 Å². The van der Waals surface area contributed by atoms with Crippen LogP contribution in [-0.4, -0.2) is 4.98 Å². The summed E-state index contributed by atoms with van der Waals surface area (Å²) in [5, 5.41) is 0.584. The summed E-state index contributed by atoms with van der Waals surface area (Å²) in [7, 11) is 0. The number of nitrogens with zero attached hydrogens (tertiary/aromatic N) is 1. The predicted octanol–water partition coefficient (Wildman–Crippen LogP) is 4.52. The van der Waals surface area contributed by atoms with Crippen LogP contribution < -0.4 is 0 Å². The summed E-state index contributed by atoms with van der Waals surface area (Å²) >= 11 is 28.1. The molecule has 0 radical (unpaired) electrons. The first kappa shape index (κ1) is 10.7. The van der Waals surface area contributed by atoms with Gasteiger partial charge in [0.1, 0.15) is 15.1 Å². The number of aromatic nitrogens is 1. The number of hydrogen-bond acceptors (Lipinski definition) is 1. The van der Waals surface area contributed by atoms with E-state index in [9.17, 15) is 0 Å². The van der Waals surface area contributed by atoms with Crippen molar-refractivity contribution in [1.29, 1.82) is 0 Å². The molecule has 0 saturated heterocycles. The van der Waals surface area contributed by atoms with E-state index in [0.717, 1.165) is 0 Å². The summed E-state index contributed by atoms with van der Waals surface area (Å²) in [6.45, 7) is 0. The molecule has 1 heterocycles. The second kappa shape index (κ2) is 4.21. The van der Waals surface area contributed by atoms with Crippen molar-refractivity contribution >= 4 is 58.0 Å². The van der Waals surface area contributed by atoms with Gasteiger partial charge in [-0.3, -0.25) is 0 Å². The minimum Gasteiger partial charge on any atom is -0.222 e. The van der Waals surface area contributed by atoms with Crippen molar-refractivity contribution in [3.05, 3.63) is 27.0 Å². The van der Waals surface area contributed by atoms with Crippen molar-refractivity contribution in [1.82, 2.24) is 4.98 Å². The first-order chi connectivity index (χ1) is 5.52. The number of rotatable bonds is 1. The highest BCUT2D eigenvalue weighted by atomic mass is 35.5. The number of hydrogen-bond donors (Lipinski definition) is 0. The molecule has 66 valence electrons. The summed E-state index contributed by atoms with van der Waals surface area (Å²) in [6.07, 6.45) is 0. The van der Waals surface area contributed by atoms with E-state index >= 15 is 0 Å². The minimum absolute atomic E-state index is 0.138. The molecule has 0 fully saturated rings. The van der Waals surface area contributed by atoms with Gasteiger partial charge in [-0.15, -0.1) is 0 Å². The van der Waals surface area contributed by atoms with Crippen LogP contribution in [0.1, 0.15) is 10.4 Å². The summed E-state index contributed by atoms with van der Waals surface area (Å²) in [6, 6.07) is 1.49. The lowest BCUT2D eigenvalue weighted by molar-refractivity contribution is 1.23. The largest absolute Gasteiger partial charge is 0.222 e. The van der Waals surface area contributed by atoms with Crippen molar-refractivity contribution in [2.24, 2.45) is 0 Å². The normalized spacial score (nSPS) is 10.8. The molecule has 0 amide bonds. The zero-order valence-electron chi connectivity index (χ0n) is 5.49. The summed E-state index contributed by atoms with van der Waals surface area (Å²) in [4.78, 5) is 2.97. The maximum absolute atomic E-state index is 5.67. The van der Waals surface area contributed by atoms with Gasteiger partial charge in [-0.05, 0) is 6.07 Å². The summed E-state index contributed by atoms with van der Waals surface area (Å²) < 4.78 is 0. The van der Waals surface area contributed by atoms with E-state index in [1.807, 2.05) is 0 Å². The Morgan fingerprint density at radius 2 is 1.67 bits per heavy atom. The molecule has 0 saturated carbocycles. The molecule has 0 atom stereocenters. The molecule has 1 rings (SSSR count). The molecule has 0 spiro atoms. The van der Waals surface area contributed by atoms with Gasteiger partial charge in [0, 0.05) is 5.56 Å². The second-order valence-electron chi connectivity index (χ2n) is 1.94. The monoisotopic (exact) mass is 263 g/mol. The van der Waals surface area contributed by atoms with Crippen molar-refractivity contribution in [3.8, 4) is 0 Å². The molecule has 1 nitrogen and oxygen atoms in total. The van der Waals surface area contributed by atoms with Crippen LogP contribution in [0.3, 0.4) is 0 Å². The highest BCUT2D eigenvalue weighted by Gasteiger charge is 2.12.